The number of hydrogen-bond acceptors (Lipinski definition) is 2. The first kappa shape index (κ1) is 15.8. The first-order chi connectivity index (χ1) is 2.83. The minimum Gasteiger partial charge on any atom is -0.162 e. The first-order valence-corrected chi connectivity index (χ1v) is 2.57. The normalized spacial score (nSPS) is 6.00. The molecule has 0 heterocycles. The summed E-state index contributed by atoms with van der Waals surface area (Å²) in [5.41, 5.74) is 0. The van der Waals surface area contributed by atoms with Crippen LogP contribution in [0, 0.1) is 0 Å². The minimum absolute atomic E-state index is 0. The summed E-state index contributed by atoms with van der Waals surface area (Å²) in [5.74, 6) is 0. The second kappa shape index (κ2) is 26.3. The molecule has 0 aliphatic carbocycles. The van der Waals surface area contributed by atoms with Gasteiger partial charge in [0.2, 0.25) is 0 Å². The third-order valence-corrected chi connectivity index (χ3v) is 0. The molecule has 0 aromatic heterocycles. The molecule has 2 radical (unpaired) electrons. The maximum Gasteiger partial charge on any atom is 0.491 e. The molecule has 2 unspecified atom stereocenters. The second-order valence-corrected chi connectivity index (χ2v) is 0.548. The van der Waals surface area contributed by atoms with E-state index in [9.17, 15) is 0 Å². The van der Waals surface area contributed by atoms with E-state index in [2.05, 4.69) is 0 Å². The van der Waals surface area contributed by atoms with E-state index in [1.54, 1.807) is 0 Å². The van der Waals surface area contributed by atoms with Gasteiger partial charge in [-0.25, -0.2) is 0 Å². The predicted octanol–water partition coefficient (Wildman–Crippen LogP) is -0.545. The van der Waals surface area contributed by atoms with Crippen molar-refractivity contribution in [1.29, 1.82) is 0 Å². The van der Waals surface area contributed by atoms with Crippen molar-refractivity contribution in [3.63, 3.8) is 0 Å². The molecule has 38 valence electrons. The molecule has 0 fully saturated rings. The maximum absolute atomic E-state index is 8.51. The Bertz CT molecular complexity index is 30.7. The fourth-order valence-electron chi connectivity index (χ4n) is 0. The Balaban J connectivity index is -0.0000000400. The van der Waals surface area contributed by atoms with Crippen LogP contribution in [0.3, 0.4) is 0 Å². The van der Waals surface area contributed by atoms with Gasteiger partial charge in [0.15, 0.2) is 0 Å². The monoisotopic (exact) mass is 170 g/mol. The number of rotatable bonds is 0. The molecule has 2 N–H and O–H groups in total. The summed E-state index contributed by atoms with van der Waals surface area (Å²) in [6.45, 7) is 0. The van der Waals surface area contributed by atoms with Crippen molar-refractivity contribution < 1.29 is 18.9 Å². The van der Waals surface area contributed by atoms with Crippen LogP contribution in [0.2, 0.25) is 0 Å². The molecule has 7 heavy (non-hydrogen) atoms. The van der Waals surface area contributed by atoms with Crippen LogP contribution < -0.4 is 0 Å². The Hall–Kier alpha value is 1.38. The summed E-state index contributed by atoms with van der Waals surface area (Å²) in [4.78, 5) is 14.1. The number of hydrogen-bond donors (Lipinski definition) is 2. The zero-order valence-electron chi connectivity index (χ0n) is 3.42. The molecule has 4 nitrogen and oxygen atoms in total. The SMILES string of the molecule is O=[PH+]O.O=[PH+]O.[Ca]. The van der Waals surface area contributed by atoms with Crippen molar-refractivity contribution in [3.05, 3.63) is 0 Å². The van der Waals surface area contributed by atoms with Gasteiger partial charge in [0.1, 0.15) is 0 Å². The van der Waals surface area contributed by atoms with Crippen molar-refractivity contribution in [1.82, 2.24) is 0 Å². The van der Waals surface area contributed by atoms with E-state index in [1.165, 1.54) is 0 Å². The van der Waals surface area contributed by atoms with Crippen molar-refractivity contribution in [2.24, 2.45) is 0 Å². The molecule has 2 atom stereocenters. The zero-order chi connectivity index (χ0) is 5.41. The summed E-state index contributed by atoms with van der Waals surface area (Å²) in [7, 11) is -2.33. The fourth-order valence-corrected chi connectivity index (χ4v) is 0. The smallest absolute Gasteiger partial charge is 0.162 e. The van der Waals surface area contributed by atoms with Crippen LogP contribution in [0.5, 0.6) is 0 Å². The van der Waals surface area contributed by atoms with Gasteiger partial charge in [-0.1, -0.05) is 0 Å². The van der Waals surface area contributed by atoms with E-state index in [0.717, 1.165) is 0 Å². The van der Waals surface area contributed by atoms with Crippen LogP contribution >= 0.6 is 17.4 Å². The van der Waals surface area contributed by atoms with Gasteiger partial charge in [-0.15, -0.1) is 0 Å². The fraction of sp³-hybridized carbons (Fsp3) is 0. The molecule has 0 saturated heterocycles. The van der Waals surface area contributed by atoms with Crippen molar-refractivity contribution in [2.45, 2.75) is 0 Å². The van der Waals surface area contributed by atoms with E-state index >= 15 is 0 Å². The van der Waals surface area contributed by atoms with Gasteiger partial charge in [-0.05, 0) is 9.13 Å². The van der Waals surface area contributed by atoms with Gasteiger partial charge in [0, 0.05) is 37.7 Å². The van der Waals surface area contributed by atoms with E-state index in [0.29, 0.717) is 0 Å². The standard InChI is InChI=1S/Ca.2HO2P/c;2*1-3-2/h;2*3H/p+2. The molecule has 0 aromatic rings. The molecule has 7 heteroatoms. The Morgan fingerprint density at radius 1 is 1.00 bits per heavy atom. The molecule has 0 saturated carbocycles. The van der Waals surface area contributed by atoms with E-state index in [-0.39, 0.29) is 37.7 Å². The summed E-state index contributed by atoms with van der Waals surface area (Å²) in [6, 6.07) is 0. The van der Waals surface area contributed by atoms with E-state index in [4.69, 9.17) is 18.9 Å². The van der Waals surface area contributed by atoms with Gasteiger partial charge in [-0.2, -0.15) is 9.79 Å². The predicted molar refractivity (Wildman–Crippen MR) is 28.2 cm³/mol. The zero-order valence-corrected chi connectivity index (χ0v) is 7.63. The summed E-state index contributed by atoms with van der Waals surface area (Å²) >= 11 is 0. The Kier molecular flexibility index (Phi) is 59.2. The maximum atomic E-state index is 8.51. The van der Waals surface area contributed by atoms with Crippen molar-refractivity contribution in [2.75, 3.05) is 0 Å². The van der Waals surface area contributed by atoms with E-state index in [1.807, 2.05) is 0 Å². The minimum atomic E-state index is -1.17. The summed E-state index contributed by atoms with van der Waals surface area (Å²) in [6.07, 6.45) is 0. The van der Waals surface area contributed by atoms with E-state index < -0.39 is 17.4 Å². The van der Waals surface area contributed by atoms with Crippen molar-refractivity contribution >= 4 is 55.1 Å². The average Bonchev–Trinajstić information content (AvgIpc) is 1.39. The van der Waals surface area contributed by atoms with Crippen LogP contribution in [0.25, 0.3) is 0 Å². The molecule has 0 amide bonds. The first-order valence-electron chi connectivity index (χ1n) is 0.855. The summed E-state index contributed by atoms with van der Waals surface area (Å²) in [5, 5.41) is 0. The average molecular weight is 170 g/mol. The van der Waals surface area contributed by atoms with Crippen LogP contribution in [0.1, 0.15) is 0 Å². The molecule has 0 aliphatic heterocycles. The molecule has 0 rings (SSSR count). The molecule has 0 bridgehead atoms. The summed E-state index contributed by atoms with van der Waals surface area (Å²) < 4.78 is 17.0. The van der Waals surface area contributed by atoms with Crippen LogP contribution in [-0.4, -0.2) is 47.5 Å². The van der Waals surface area contributed by atoms with Gasteiger partial charge in [0.25, 0.3) is 0 Å². The third kappa shape index (κ3) is 112. The van der Waals surface area contributed by atoms with Gasteiger partial charge >= 0.3 is 17.4 Å². The quantitative estimate of drug-likeness (QED) is 0.378. The third-order valence-electron chi connectivity index (χ3n) is 0. The van der Waals surface area contributed by atoms with Crippen molar-refractivity contribution in [3.8, 4) is 0 Å². The molecule has 0 spiro atoms. The molecule has 0 aliphatic rings. The Morgan fingerprint density at radius 2 is 1.00 bits per heavy atom. The second-order valence-electron chi connectivity index (χ2n) is 0.183. The molecule has 0 aromatic carbocycles. The van der Waals surface area contributed by atoms with Gasteiger partial charge in [-0.3, -0.25) is 0 Å². The molecular weight excluding hydrogens is 166 g/mol. The topological polar surface area (TPSA) is 74.6 Å². The van der Waals surface area contributed by atoms with Crippen LogP contribution in [-0.2, 0) is 9.13 Å². The van der Waals surface area contributed by atoms with Crippen LogP contribution in [0.15, 0.2) is 0 Å². The Morgan fingerprint density at radius 3 is 1.00 bits per heavy atom. The molecular formula is H4CaO4P2+2. The largest absolute Gasteiger partial charge is 0.491 e. The Labute approximate surface area is 73.5 Å². The van der Waals surface area contributed by atoms with Gasteiger partial charge in [0.05, 0.1) is 0 Å². The van der Waals surface area contributed by atoms with Crippen LogP contribution in [0.4, 0.5) is 0 Å². The van der Waals surface area contributed by atoms with Gasteiger partial charge < -0.3 is 0 Å².